The monoisotopic (exact) mass is 357 g/mol. The molecule has 4 aromatic heterocycles. The third-order valence-electron chi connectivity index (χ3n) is 5.34. The number of carbonyl (C=O) groups excluding carboxylic acids is 1. The highest BCUT2D eigenvalue weighted by Crippen LogP contribution is 2.28. The van der Waals surface area contributed by atoms with Gasteiger partial charge in [-0.15, -0.1) is 0 Å². The number of hydrogen-bond donors (Lipinski definition) is 0. The van der Waals surface area contributed by atoms with Gasteiger partial charge in [0.25, 0.3) is 5.91 Å². The van der Waals surface area contributed by atoms with Crippen LogP contribution in [-0.4, -0.2) is 43.5 Å². The summed E-state index contributed by atoms with van der Waals surface area (Å²) in [7, 11) is 0. The first-order chi connectivity index (χ1) is 13.3. The van der Waals surface area contributed by atoms with E-state index in [4.69, 9.17) is 4.98 Å². The van der Waals surface area contributed by atoms with Crippen molar-refractivity contribution in [3.63, 3.8) is 0 Å². The molecule has 1 saturated heterocycles. The predicted octanol–water partition coefficient (Wildman–Crippen LogP) is 3.30. The van der Waals surface area contributed by atoms with Crippen molar-refractivity contribution in [1.29, 1.82) is 0 Å². The van der Waals surface area contributed by atoms with E-state index in [0.717, 1.165) is 48.2 Å². The third-order valence-corrected chi connectivity index (χ3v) is 5.34. The van der Waals surface area contributed by atoms with Crippen LogP contribution < -0.4 is 0 Å². The summed E-state index contributed by atoms with van der Waals surface area (Å²) in [6.07, 6.45) is 7.13. The van der Waals surface area contributed by atoms with Crippen molar-refractivity contribution in [3.8, 4) is 0 Å². The molecule has 0 radical (unpaired) electrons. The lowest BCUT2D eigenvalue weighted by molar-refractivity contribution is 0.0714. The first kappa shape index (κ1) is 15.9. The number of likely N-dealkylation sites (tertiary alicyclic amines) is 1. The molecule has 0 unspecified atom stereocenters. The number of nitrogens with zero attached hydrogens (tertiary/aromatic N) is 5. The highest BCUT2D eigenvalue weighted by atomic mass is 16.2. The summed E-state index contributed by atoms with van der Waals surface area (Å²) in [4.78, 5) is 24.0. The Balaban J connectivity index is 1.32. The average molecular weight is 357 g/mol. The minimum atomic E-state index is 0.0581. The normalized spacial score (nSPS) is 15.5. The number of hydrogen-bond acceptors (Lipinski definition) is 4. The van der Waals surface area contributed by atoms with Crippen LogP contribution in [-0.2, 0) is 0 Å². The molecule has 27 heavy (non-hydrogen) atoms. The van der Waals surface area contributed by atoms with Crippen LogP contribution >= 0.6 is 0 Å². The van der Waals surface area contributed by atoms with Crippen LogP contribution in [0, 0.1) is 0 Å². The molecule has 4 aromatic rings. The van der Waals surface area contributed by atoms with E-state index in [-0.39, 0.29) is 5.91 Å². The van der Waals surface area contributed by atoms with E-state index in [0.29, 0.717) is 11.5 Å². The van der Waals surface area contributed by atoms with E-state index in [1.807, 2.05) is 41.4 Å². The Labute approximate surface area is 156 Å². The first-order valence-corrected chi connectivity index (χ1v) is 9.23. The molecular weight excluding hydrogens is 338 g/mol. The van der Waals surface area contributed by atoms with E-state index < -0.39 is 0 Å². The second-order valence-corrected chi connectivity index (χ2v) is 6.94. The van der Waals surface area contributed by atoms with Crippen LogP contribution in [0.2, 0.25) is 0 Å². The van der Waals surface area contributed by atoms with Gasteiger partial charge in [-0.25, -0.2) is 14.5 Å². The molecule has 0 aromatic carbocycles. The number of aromatic nitrogens is 4. The maximum absolute atomic E-state index is 12.9. The maximum Gasteiger partial charge on any atom is 0.257 e. The highest BCUT2D eigenvalue weighted by molar-refractivity contribution is 6.00. The molecule has 0 N–H and O–H groups in total. The number of fused-ring (bicyclic) bond motifs is 2. The van der Waals surface area contributed by atoms with E-state index in [2.05, 4.69) is 22.2 Å². The number of carbonyl (C=O) groups is 1. The zero-order valence-corrected chi connectivity index (χ0v) is 14.8. The molecule has 0 atom stereocenters. The Bertz CT molecular complexity index is 1130. The van der Waals surface area contributed by atoms with E-state index >= 15 is 0 Å². The van der Waals surface area contributed by atoms with Crippen LogP contribution in [0.5, 0.6) is 0 Å². The van der Waals surface area contributed by atoms with Crippen molar-refractivity contribution < 1.29 is 4.79 Å². The fourth-order valence-corrected chi connectivity index (χ4v) is 3.84. The molecule has 1 fully saturated rings. The largest absolute Gasteiger partial charge is 0.338 e. The summed E-state index contributed by atoms with van der Waals surface area (Å²) in [6, 6.07) is 13.9. The van der Waals surface area contributed by atoms with Crippen molar-refractivity contribution in [1.82, 2.24) is 24.5 Å². The number of pyridine rings is 3. The van der Waals surface area contributed by atoms with Crippen molar-refractivity contribution >= 4 is 22.5 Å². The van der Waals surface area contributed by atoms with Gasteiger partial charge in [0.15, 0.2) is 5.65 Å². The van der Waals surface area contributed by atoms with Gasteiger partial charge < -0.3 is 4.90 Å². The van der Waals surface area contributed by atoms with Crippen LogP contribution in [0.4, 0.5) is 0 Å². The van der Waals surface area contributed by atoms with Gasteiger partial charge in [-0.3, -0.25) is 4.79 Å². The Kier molecular flexibility index (Phi) is 3.81. The maximum atomic E-state index is 12.9. The Morgan fingerprint density at radius 2 is 1.93 bits per heavy atom. The van der Waals surface area contributed by atoms with Crippen molar-refractivity contribution in [3.05, 3.63) is 72.3 Å². The number of rotatable bonds is 2. The first-order valence-electron chi connectivity index (χ1n) is 9.23. The topological polar surface area (TPSA) is 63.4 Å². The van der Waals surface area contributed by atoms with Crippen molar-refractivity contribution in [2.24, 2.45) is 0 Å². The van der Waals surface area contributed by atoms with E-state index in [1.165, 1.54) is 0 Å². The smallest absolute Gasteiger partial charge is 0.257 e. The summed E-state index contributed by atoms with van der Waals surface area (Å²) in [6.45, 7) is 1.46. The molecule has 5 rings (SSSR count). The van der Waals surface area contributed by atoms with Crippen LogP contribution in [0.25, 0.3) is 16.6 Å². The van der Waals surface area contributed by atoms with Gasteiger partial charge in [0.1, 0.15) is 0 Å². The lowest BCUT2D eigenvalue weighted by atomic mass is 9.92. The fraction of sp³-hybridized carbons (Fsp3) is 0.238. The Hall–Kier alpha value is -3.28. The van der Waals surface area contributed by atoms with Gasteiger partial charge in [0, 0.05) is 42.5 Å². The minimum Gasteiger partial charge on any atom is -0.338 e. The van der Waals surface area contributed by atoms with Crippen molar-refractivity contribution in [2.75, 3.05) is 13.1 Å². The van der Waals surface area contributed by atoms with Gasteiger partial charge in [-0.2, -0.15) is 5.10 Å². The fourth-order valence-electron chi connectivity index (χ4n) is 3.84. The molecule has 6 nitrogen and oxygen atoms in total. The van der Waals surface area contributed by atoms with Gasteiger partial charge in [-0.05, 0) is 49.2 Å². The predicted molar refractivity (Wildman–Crippen MR) is 103 cm³/mol. The molecule has 5 heterocycles. The minimum absolute atomic E-state index is 0.0581. The van der Waals surface area contributed by atoms with Gasteiger partial charge in [-0.1, -0.05) is 6.07 Å². The number of amides is 1. The molecule has 0 saturated carbocycles. The molecule has 6 heteroatoms. The molecule has 1 amide bonds. The summed E-state index contributed by atoms with van der Waals surface area (Å²) in [5.74, 6) is 0.423. The van der Waals surface area contributed by atoms with E-state index in [9.17, 15) is 4.79 Å². The van der Waals surface area contributed by atoms with Crippen LogP contribution in [0.3, 0.4) is 0 Å². The third kappa shape index (κ3) is 2.83. The zero-order chi connectivity index (χ0) is 18.2. The van der Waals surface area contributed by atoms with Gasteiger partial charge >= 0.3 is 0 Å². The average Bonchev–Trinajstić information content (AvgIpc) is 3.17. The molecule has 0 spiro atoms. The molecule has 1 aliphatic rings. The Morgan fingerprint density at radius 3 is 2.81 bits per heavy atom. The standard InChI is InChI=1S/C21H19N5O/c27-21(17-14-23-26-11-2-1-5-19(17)26)25-12-8-15(9-13-25)18-7-6-16-4-3-10-22-20(16)24-18/h1-7,10-11,14-15H,8-9,12-13H2. The summed E-state index contributed by atoms with van der Waals surface area (Å²) < 4.78 is 1.74. The second kappa shape index (κ2) is 6.46. The zero-order valence-electron chi connectivity index (χ0n) is 14.8. The molecule has 0 bridgehead atoms. The SMILES string of the molecule is O=C(c1cnn2ccccc12)N1CCC(c2ccc3cccnc3n2)CC1. The number of piperidine rings is 1. The molecule has 0 aliphatic carbocycles. The van der Waals surface area contributed by atoms with Crippen LogP contribution in [0.15, 0.2) is 61.1 Å². The molecular formula is C21H19N5O. The van der Waals surface area contributed by atoms with Crippen molar-refractivity contribution in [2.45, 2.75) is 18.8 Å². The van der Waals surface area contributed by atoms with E-state index in [1.54, 1.807) is 16.9 Å². The summed E-state index contributed by atoms with van der Waals surface area (Å²) in [5.41, 5.74) is 3.39. The summed E-state index contributed by atoms with van der Waals surface area (Å²) in [5, 5.41) is 5.34. The summed E-state index contributed by atoms with van der Waals surface area (Å²) >= 11 is 0. The van der Waals surface area contributed by atoms with Crippen LogP contribution in [0.1, 0.15) is 34.8 Å². The molecule has 134 valence electrons. The lowest BCUT2D eigenvalue weighted by Gasteiger charge is -2.31. The second-order valence-electron chi connectivity index (χ2n) is 6.94. The van der Waals surface area contributed by atoms with Gasteiger partial charge in [0.2, 0.25) is 0 Å². The quantitative estimate of drug-likeness (QED) is 0.552. The van der Waals surface area contributed by atoms with Gasteiger partial charge in [0.05, 0.1) is 17.3 Å². The Morgan fingerprint density at radius 1 is 1.04 bits per heavy atom. The molecule has 1 aliphatic heterocycles. The lowest BCUT2D eigenvalue weighted by Crippen LogP contribution is -2.38. The highest BCUT2D eigenvalue weighted by Gasteiger charge is 2.27.